The molecule has 0 N–H and O–H groups in total. The number of benzene rings is 2. The molecule has 3 aromatic rings. The molecule has 3 rings (SSSR count). The molecule has 0 aliphatic heterocycles. The van der Waals surface area contributed by atoms with Crippen molar-refractivity contribution in [1.82, 2.24) is 4.98 Å². The van der Waals surface area contributed by atoms with Crippen LogP contribution < -0.4 is 4.74 Å². The SMILES string of the molecule is c1ccc(Oc2ccc3cccnc3c2)cc1. The van der Waals surface area contributed by atoms with Crippen LogP contribution in [0.2, 0.25) is 0 Å². The summed E-state index contributed by atoms with van der Waals surface area (Å²) >= 11 is 0. The highest BCUT2D eigenvalue weighted by Gasteiger charge is 1.99. The molecule has 0 aliphatic rings. The van der Waals surface area contributed by atoms with E-state index < -0.39 is 0 Å². The lowest BCUT2D eigenvalue weighted by atomic mass is 10.2. The van der Waals surface area contributed by atoms with Gasteiger partial charge >= 0.3 is 0 Å². The van der Waals surface area contributed by atoms with Gasteiger partial charge in [-0.15, -0.1) is 0 Å². The van der Waals surface area contributed by atoms with E-state index in [4.69, 9.17) is 4.74 Å². The summed E-state index contributed by atoms with van der Waals surface area (Å²) in [6.07, 6.45) is 1.79. The van der Waals surface area contributed by atoms with Gasteiger partial charge in [-0.2, -0.15) is 0 Å². The van der Waals surface area contributed by atoms with Crippen molar-refractivity contribution in [2.75, 3.05) is 0 Å². The lowest BCUT2D eigenvalue weighted by Gasteiger charge is -2.05. The van der Waals surface area contributed by atoms with Crippen LogP contribution in [-0.2, 0) is 0 Å². The molecular weight excluding hydrogens is 210 g/mol. The van der Waals surface area contributed by atoms with Gasteiger partial charge in [-0.1, -0.05) is 24.3 Å². The lowest BCUT2D eigenvalue weighted by Crippen LogP contribution is -1.84. The number of hydrogen-bond acceptors (Lipinski definition) is 2. The largest absolute Gasteiger partial charge is 0.457 e. The predicted octanol–water partition coefficient (Wildman–Crippen LogP) is 4.03. The third kappa shape index (κ3) is 2.11. The van der Waals surface area contributed by atoms with Gasteiger partial charge in [-0.3, -0.25) is 4.98 Å². The van der Waals surface area contributed by atoms with Crippen LogP contribution >= 0.6 is 0 Å². The van der Waals surface area contributed by atoms with E-state index in [0.29, 0.717) is 0 Å². The van der Waals surface area contributed by atoms with Crippen molar-refractivity contribution in [3.05, 3.63) is 66.9 Å². The maximum absolute atomic E-state index is 5.75. The Bertz CT molecular complexity index is 635. The molecule has 2 nitrogen and oxygen atoms in total. The Morgan fingerprint density at radius 1 is 0.765 bits per heavy atom. The normalized spacial score (nSPS) is 10.4. The summed E-state index contributed by atoms with van der Waals surface area (Å²) in [6.45, 7) is 0. The third-order valence-electron chi connectivity index (χ3n) is 2.56. The lowest BCUT2D eigenvalue weighted by molar-refractivity contribution is 0.483. The van der Waals surface area contributed by atoms with Crippen molar-refractivity contribution in [2.45, 2.75) is 0 Å². The van der Waals surface area contributed by atoms with Gasteiger partial charge < -0.3 is 4.74 Å². The van der Waals surface area contributed by atoms with Crippen LogP contribution in [0.5, 0.6) is 11.5 Å². The highest BCUT2D eigenvalue weighted by molar-refractivity contribution is 5.79. The molecule has 17 heavy (non-hydrogen) atoms. The first-order valence-electron chi connectivity index (χ1n) is 5.49. The Morgan fingerprint density at radius 2 is 1.65 bits per heavy atom. The molecule has 0 radical (unpaired) electrons. The summed E-state index contributed by atoms with van der Waals surface area (Å²) in [5.74, 6) is 1.64. The molecule has 0 unspecified atom stereocenters. The average molecular weight is 221 g/mol. The van der Waals surface area contributed by atoms with Crippen LogP contribution in [0.15, 0.2) is 66.9 Å². The fourth-order valence-electron chi connectivity index (χ4n) is 1.73. The number of pyridine rings is 1. The first kappa shape index (κ1) is 9.85. The van der Waals surface area contributed by atoms with E-state index in [1.54, 1.807) is 6.20 Å². The highest BCUT2D eigenvalue weighted by Crippen LogP contribution is 2.24. The monoisotopic (exact) mass is 221 g/mol. The molecule has 0 fully saturated rings. The smallest absolute Gasteiger partial charge is 0.129 e. The molecule has 0 saturated heterocycles. The van der Waals surface area contributed by atoms with E-state index in [1.165, 1.54) is 0 Å². The van der Waals surface area contributed by atoms with Crippen LogP contribution in [0.25, 0.3) is 10.9 Å². The van der Waals surface area contributed by atoms with E-state index in [-0.39, 0.29) is 0 Å². The van der Waals surface area contributed by atoms with Gasteiger partial charge in [0.1, 0.15) is 11.5 Å². The molecule has 0 atom stereocenters. The number of fused-ring (bicyclic) bond motifs is 1. The van der Waals surface area contributed by atoms with E-state index in [2.05, 4.69) is 4.98 Å². The second-order valence-corrected chi connectivity index (χ2v) is 3.77. The maximum atomic E-state index is 5.75. The fourth-order valence-corrected chi connectivity index (χ4v) is 1.73. The third-order valence-corrected chi connectivity index (χ3v) is 2.56. The van der Waals surface area contributed by atoms with E-state index in [1.807, 2.05) is 60.7 Å². The molecule has 2 heteroatoms. The Kier molecular flexibility index (Phi) is 2.47. The number of ether oxygens (including phenoxy) is 1. The molecule has 1 aromatic heterocycles. The zero-order chi connectivity index (χ0) is 11.5. The predicted molar refractivity (Wildman–Crippen MR) is 68.3 cm³/mol. The van der Waals surface area contributed by atoms with Crippen LogP contribution in [-0.4, -0.2) is 4.98 Å². The van der Waals surface area contributed by atoms with Crippen LogP contribution in [0.3, 0.4) is 0 Å². The number of nitrogens with zero attached hydrogens (tertiary/aromatic N) is 1. The summed E-state index contributed by atoms with van der Waals surface area (Å²) in [4.78, 5) is 4.30. The second-order valence-electron chi connectivity index (χ2n) is 3.77. The molecule has 0 amide bonds. The van der Waals surface area contributed by atoms with Crippen LogP contribution in [0, 0.1) is 0 Å². The van der Waals surface area contributed by atoms with Gasteiger partial charge in [0.2, 0.25) is 0 Å². The van der Waals surface area contributed by atoms with Gasteiger partial charge in [0.25, 0.3) is 0 Å². The standard InChI is InChI=1S/C15H11NO/c1-2-6-13(7-3-1)17-14-9-8-12-5-4-10-16-15(12)11-14/h1-11H. The topological polar surface area (TPSA) is 22.1 Å². The minimum atomic E-state index is 0.808. The zero-order valence-corrected chi connectivity index (χ0v) is 9.21. The Hall–Kier alpha value is -2.35. The number of rotatable bonds is 2. The molecule has 0 bridgehead atoms. The average Bonchev–Trinajstić information content (AvgIpc) is 2.40. The minimum absolute atomic E-state index is 0.808. The van der Waals surface area contributed by atoms with Crippen molar-refractivity contribution in [1.29, 1.82) is 0 Å². The van der Waals surface area contributed by atoms with Crippen molar-refractivity contribution in [3.63, 3.8) is 0 Å². The van der Waals surface area contributed by atoms with Gasteiger partial charge in [-0.05, 0) is 30.3 Å². The Morgan fingerprint density at radius 3 is 2.53 bits per heavy atom. The van der Waals surface area contributed by atoms with E-state index in [9.17, 15) is 0 Å². The molecule has 0 spiro atoms. The van der Waals surface area contributed by atoms with E-state index >= 15 is 0 Å². The molecule has 0 aliphatic carbocycles. The van der Waals surface area contributed by atoms with Crippen molar-refractivity contribution in [3.8, 4) is 11.5 Å². The first-order valence-corrected chi connectivity index (χ1v) is 5.49. The molecule has 0 saturated carbocycles. The Labute approximate surface area is 99.5 Å². The van der Waals surface area contributed by atoms with Crippen LogP contribution in [0.1, 0.15) is 0 Å². The summed E-state index contributed by atoms with van der Waals surface area (Å²) in [5, 5.41) is 1.12. The number of aromatic nitrogens is 1. The first-order chi connectivity index (χ1) is 8.42. The molecule has 1 heterocycles. The van der Waals surface area contributed by atoms with Gasteiger partial charge in [0, 0.05) is 17.6 Å². The highest BCUT2D eigenvalue weighted by atomic mass is 16.5. The zero-order valence-electron chi connectivity index (χ0n) is 9.21. The number of hydrogen-bond donors (Lipinski definition) is 0. The summed E-state index contributed by atoms with van der Waals surface area (Å²) in [6, 6.07) is 19.6. The van der Waals surface area contributed by atoms with Gasteiger partial charge in [-0.25, -0.2) is 0 Å². The Balaban J connectivity index is 1.96. The summed E-state index contributed by atoms with van der Waals surface area (Å²) < 4.78 is 5.75. The van der Waals surface area contributed by atoms with Gasteiger partial charge in [0.15, 0.2) is 0 Å². The fraction of sp³-hybridized carbons (Fsp3) is 0. The molecular formula is C15H11NO. The van der Waals surface area contributed by atoms with Crippen molar-refractivity contribution in [2.24, 2.45) is 0 Å². The molecule has 82 valence electrons. The molecule has 2 aromatic carbocycles. The van der Waals surface area contributed by atoms with Crippen LogP contribution in [0.4, 0.5) is 0 Å². The van der Waals surface area contributed by atoms with E-state index in [0.717, 1.165) is 22.4 Å². The quantitative estimate of drug-likeness (QED) is 0.651. The minimum Gasteiger partial charge on any atom is -0.457 e. The van der Waals surface area contributed by atoms with Gasteiger partial charge in [0.05, 0.1) is 5.52 Å². The summed E-state index contributed by atoms with van der Waals surface area (Å²) in [7, 11) is 0. The van der Waals surface area contributed by atoms with Crippen molar-refractivity contribution >= 4 is 10.9 Å². The number of para-hydroxylation sites is 1. The summed E-state index contributed by atoms with van der Waals surface area (Å²) in [5.41, 5.74) is 0.945. The second kappa shape index (κ2) is 4.26. The maximum Gasteiger partial charge on any atom is 0.129 e. The van der Waals surface area contributed by atoms with Crippen molar-refractivity contribution < 1.29 is 4.74 Å².